The smallest absolute Gasteiger partial charge is 0.413 e. The van der Waals surface area contributed by atoms with Crippen molar-refractivity contribution in [3.05, 3.63) is 107 Å². The van der Waals surface area contributed by atoms with E-state index in [0.29, 0.717) is 41.3 Å². The van der Waals surface area contributed by atoms with Gasteiger partial charge in [0.05, 0.1) is 37.1 Å². The highest BCUT2D eigenvalue weighted by Gasteiger charge is 2.43. The Hall–Kier alpha value is -5.29. The molecule has 3 amide bonds. The molecule has 2 aliphatic rings. The molecular formula is C38H43N5O6. The molecular weight excluding hydrogens is 622 g/mol. The molecule has 2 aliphatic heterocycles. The molecule has 3 heterocycles. The second-order valence-corrected chi connectivity index (χ2v) is 12.3. The first kappa shape index (κ1) is 33.6. The molecule has 1 saturated heterocycles. The summed E-state index contributed by atoms with van der Waals surface area (Å²) in [5.41, 5.74) is 3.62. The van der Waals surface area contributed by atoms with E-state index in [1.54, 1.807) is 62.4 Å². The van der Waals surface area contributed by atoms with E-state index in [9.17, 15) is 14.4 Å². The van der Waals surface area contributed by atoms with Crippen molar-refractivity contribution in [1.82, 2.24) is 19.7 Å². The Bertz CT molecular complexity index is 1800. The Kier molecular flexibility index (Phi) is 10.2. The highest BCUT2D eigenvalue weighted by Crippen LogP contribution is 2.40. The quantitative estimate of drug-likeness (QED) is 0.149. The summed E-state index contributed by atoms with van der Waals surface area (Å²) in [6, 6.07) is 24.6. The van der Waals surface area contributed by atoms with Crippen molar-refractivity contribution in [2.45, 2.75) is 31.8 Å². The first-order chi connectivity index (χ1) is 23.8. The van der Waals surface area contributed by atoms with Gasteiger partial charge in [0.15, 0.2) is 11.5 Å². The van der Waals surface area contributed by atoms with Gasteiger partial charge in [-0.3, -0.25) is 19.4 Å². The van der Waals surface area contributed by atoms with Crippen LogP contribution in [0.1, 0.15) is 63.7 Å². The van der Waals surface area contributed by atoms with Crippen LogP contribution >= 0.6 is 0 Å². The van der Waals surface area contributed by atoms with Crippen LogP contribution in [0.2, 0.25) is 0 Å². The summed E-state index contributed by atoms with van der Waals surface area (Å²) in [6.07, 6.45) is 2.09. The van der Waals surface area contributed by atoms with Gasteiger partial charge < -0.3 is 29.0 Å². The average Bonchev–Trinajstić information content (AvgIpc) is 3.66. The van der Waals surface area contributed by atoms with E-state index in [-0.39, 0.29) is 24.4 Å². The lowest BCUT2D eigenvalue weighted by atomic mass is 9.99. The lowest BCUT2D eigenvalue weighted by molar-refractivity contribution is 0.0571. The van der Waals surface area contributed by atoms with E-state index in [1.165, 1.54) is 10.5 Å². The third-order valence-corrected chi connectivity index (χ3v) is 9.53. The van der Waals surface area contributed by atoms with Gasteiger partial charge in [0.1, 0.15) is 0 Å². The van der Waals surface area contributed by atoms with Crippen LogP contribution in [-0.2, 0) is 7.05 Å². The van der Waals surface area contributed by atoms with Gasteiger partial charge in [-0.05, 0) is 61.2 Å². The van der Waals surface area contributed by atoms with Crippen LogP contribution in [0.5, 0.6) is 17.4 Å². The van der Waals surface area contributed by atoms with Crippen LogP contribution in [0.25, 0.3) is 0 Å². The monoisotopic (exact) mass is 665 g/mol. The summed E-state index contributed by atoms with van der Waals surface area (Å²) < 4.78 is 18.1. The molecule has 2 atom stereocenters. The Labute approximate surface area is 287 Å². The fourth-order valence-corrected chi connectivity index (χ4v) is 6.80. The lowest BCUT2D eigenvalue weighted by Crippen LogP contribution is -2.47. The molecule has 1 fully saturated rings. The number of methoxy groups -OCH3 is 2. The van der Waals surface area contributed by atoms with Gasteiger partial charge in [0.25, 0.3) is 11.8 Å². The Balaban J connectivity index is 1.20. The zero-order chi connectivity index (χ0) is 34.5. The van der Waals surface area contributed by atoms with E-state index in [4.69, 9.17) is 14.2 Å². The van der Waals surface area contributed by atoms with E-state index < -0.39 is 12.1 Å². The Morgan fingerprint density at radius 1 is 0.837 bits per heavy atom. The first-order valence-electron chi connectivity index (χ1n) is 16.6. The number of benzene rings is 3. The Morgan fingerprint density at radius 3 is 2.29 bits per heavy atom. The zero-order valence-electron chi connectivity index (χ0n) is 28.4. The number of carbonyl (C=O) groups excluding carboxylic acids is 3. The predicted molar refractivity (Wildman–Crippen MR) is 187 cm³/mol. The summed E-state index contributed by atoms with van der Waals surface area (Å²) in [4.78, 5) is 47.0. The summed E-state index contributed by atoms with van der Waals surface area (Å²) >= 11 is 0. The third-order valence-electron chi connectivity index (χ3n) is 9.53. The van der Waals surface area contributed by atoms with Gasteiger partial charge in [-0.1, -0.05) is 42.5 Å². The second kappa shape index (κ2) is 14.9. The van der Waals surface area contributed by atoms with Crippen LogP contribution in [0, 0.1) is 0 Å². The van der Waals surface area contributed by atoms with Crippen LogP contribution in [-0.4, -0.2) is 79.2 Å². The molecule has 3 aromatic carbocycles. The van der Waals surface area contributed by atoms with Crippen LogP contribution < -0.4 is 24.4 Å². The number of carbonyl (C=O) groups is 3. The van der Waals surface area contributed by atoms with Crippen LogP contribution in [0.15, 0.2) is 85.1 Å². The third kappa shape index (κ3) is 6.98. The number of fused-ring (bicyclic) bond motifs is 1. The molecule has 0 radical (unpaired) electrons. The number of aryl methyl sites for hydroxylation is 1. The number of hydrogen-bond acceptors (Lipinski definition) is 8. The van der Waals surface area contributed by atoms with Crippen molar-refractivity contribution in [2.24, 2.45) is 7.05 Å². The van der Waals surface area contributed by atoms with Gasteiger partial charge in [-0.25, -0.2) is 4.79 Å². The van der Waals surface area contributed by atoms with Crippen molar-refractivity contribution in [3.8, 4) is 17.4 Å². The maximum atomic E-state index is 14.4. The topological polar surface area (TPSA) is 106 Å². The highest BCUT2D eigenvalue weighted by molar-refractivity contribution is 6.24. The number of anilines is 1. The van der Waals surface area contributed by atoms with Gasteiger partial charge in [-0.2, -0.15) is 0 Å². The number of aromatic nitrogens is 1. The molecule has 0 aliphatic carbocycles. The minimum absolute atomic E-state index is 0.278. The lowest BCUT2D eigenvalue weighted by Gasteiger charge is -2.39. The van der Waals surface area contributed by atoms with E-state index in [2.05, 4.69) is 46.3 Å². The van der Waals surface area contributed by atoms with E-state index >= 15 is 0 Å². The summed E-state index contributed by atoms with van der Waals surface area (Å²) in [5.74, 6) is 0.796. The molecule has 0 spiro atoms. The number of nitrogens with zero attached hydrogens (tertiary/aromatic N) is 4. The fraction of sp³-hybridized carbons (Fsp3) is 0.342. The normalized spacial score (nSPS) is 15.9. The molecule has 11 nitrogen and oxygen atoms in total. The molecule has 6 rings (SSSR count). The number of nitrogens with one attached hydrogen (secondary N) is 1. The number of rotatable bonds is 12. The molecule has 256 valence electrons. The van der Waals surface area contributed by atoms with Gasteiger partial charge in [0, 0.05) is 58.1 Å². The van der Waals surface area contributed by atoms with Gasteiger partial charge in [-0.15, -0.1) is 0 Å². The predicted octanol–water partition coefficient (Wildman–Crippen LogP) is 5.83. The van der Waals surface area contributed by atoms with Crippen molar-refractivity contribution < 1.29 is 28.6 Å². The Morgan fingerprint density at radius 2 is 1.59 bits per heavy atom. The van der Waals surface area contributed by atoms with Crippen molar-refractivity contribution in [2.75, 3.05) is 51.8 Å². The molecule has 0 bridgehead atoms. The fourth-order valence-electron chi connectivity index (χ4n) is 6.80. The average molecular weight is 666 g/mol. The molecule has 49 heavy (non-hydrogen) atoms. The minimum atomic E-state index is -0.616. The molecule has 11 heteroatoms. The SMILES string of the molecule is COc1ccc([C@@H](CCCNC(=O)Oc2cccn2C)N2C(=O)c3cccc(N4CCN([C@H](C)c5ccccc5)CC4)c3C2=O)cc1OC. The van der Waals surface area contributed by atoms with Crippen LogP contribution in [0.4, 0.5) is 10.5 Å². The molecule has 0 saturated carbocycles. The van der Waals surface area contributed by atoms with E-state index in [0.717, 1.165) is 37.4 Å². The van der Waals surface area contributed by atoms with Crippen molar-refractivity contribution in [3.63, 3.8) is 0 Å². The van der Waals surface area contributed by atoms with Crippen molar-refractivity contribution >= 4 is 23.6 Å². The number of imide groups is 1. The maximum absolute atomic E-state index is 14.4. The standard InChI is InChI=1S/C38H43N5O6/c1-26(27-11-6-5-7-12-27)41-21-23-42(24-22-41)31-14-8-13-29-35(31)37(45)43(36(29)44)30(28-17-18-32(47-3)33(25-28)48-4)15-9-19-39-38(46)49-34-16-10-20-40(34)2/h5-8,10-14,16-18,20,25-26,30H,9,15,19,21-24H2,1-4H3,(H,39,46)/t26-,30-/m1/s1. The zero-order valence-corrected chi connectivity index (χ0v) is 28.4. The number of hydrogen-bond donors (Lipinski definition) is 1. The summed E-state index contributed by atoms with van der Waals surface area (Å²) in [7, 11) is 4.90. The first-order valence-corrected chi connectivity index (χ1v) is 16.6. The van der Waals surface area contributed by atoms with Crippen molar-refractivity contribution in [1.29, 1.82) is 0 Å². The number of ether oxygens (including phenoxy) is 3. The second-order valence-electron chi connectivity index (χ2n) is 12.3. The molecule has 0 unspecified atom stereocenters. The maximum Gasteiger partial charge on any atom is 0.413 e. The summed E-state index contributed by atoms with van der Waals surface area (Å²) in [6.45, 7) is 5.64. The summed E-state index contributed by atoms with van der Waals surface area (Å²) in [5, 5.41) is 2.78. The molecule has 1 aromatic heterocycles. The minimum Gasteiger partial charge on any atom is -0.493 e. The van der Waals surface area contributed by atoms with Gasteiger partial charge >= 0.3 is 6.09 Å². The molecule has 1 N–H and O–H groups in total. The number of piperazine rings is 1. The molecule has 4 aromatic rings. The van der Waals surface area contributed by atoms with Gasteiger partial charge in [0.2, 0.25) is 5.88 Å². The van der Waals surface area contributed by atoms with E-state index in [1.807, 2.05) is 24.3 Å². The largest absolute Gasteiger partial charge is 0.493 e. The number of amides is 3. The highest BCUT2D eigenvalue weighted by atomic mass is 16.6. The van der Waals surface area contributed by atoms with Crippen LogP contribution in [0.3, 0.4) is 0 Å².